The van der Waals surface area contributed by atoms with E-state index in [2.05, 4.69) is 20.7 Å². The van der Waals surface area contributed by atoms with Crippen molar-refractivity contribution in [3.63, 3.8) is 0 Å². The molecule has 1 aromatic carbocycles. The minimum Gasteiger partial charge on any atom is -0.495 e. The van der Waals surface area contributed by atoms with Gasteiger partial charge in [-0.15, -0.1) is 0 Å². The van der Waals surface area contributed by atoms with Crippen LogP contribution in [0.5, 0.6) is 5.75 Å². The maximum Gasteiger partial charge on any atom is 0.324 e. The van der Waals surface area contributed by atoms with Crippen LogP contribution < -0.4 is 9.46 Å². The molecule has 1 unspecified atom stereocenters. The van der Waals surface area contributed by atoms with Crippen molar-refractivity contribution >= 4 is 31.9 Å². The van der Waals surface area contributed by atoms with Gasteiger partial charge in [0.15, 0.2) is 0 Å². The molecule has 0 heterocycles. The molecule has 21 heavy (non-hydrogen) atoms. The lowest BCUT2D eigenvalue weighted by Gasteiger charge is -2.25. The summed E-state index contributed by atoms with van der Waals surface area (Å²) in [5.74, 6) is -1.07. The number of halogens is 1. The number of hydrogen-bond acceptors (Lipinski definition) is 4. The van der Waals surface area contributed by atoms with E-state index >= 15 is 0 Å². The molecule has 0 aliphatic carbocycles. The Bertz CT molecular complexity index is 631. The summed E-state index contributed by atoms with van der Waals surface area (Å²) in [5, 5.41) is 9.29. The number of nitrogens with one attached hydrogen (secondary N) is 1. The van der Waals surface area contributed by atoms with Crippen LogP contribution in [0.1, 0.15) is 26.7 Å². The Morgan fingerprint density at radius 2 is 2.10 bits per heavy atom. The Hall–Kier alpha value is -1.12. The van der Waals surface area contributed by atoms with Gasteiger partial charge < -0.3 is 9.84 Å². The number of benzene rings is 1. The van der Waals surface area contributed by atoms with Crippen LogP contribution in [0.25, 0.3) is 0 Å². The van der Waals surface area contributed by atoms with Gasteiger partial charge in [-0.3, -0.25) is 4.79 Å². The topological polar surface area (TPSA) is 92.7 Å². The predicted octanol–water partition coefficient (Wildman–Crippen LogP) is 2.38. The van der Waals surface area contributed by atoms with Crippen molar-refractivity contribution in [1.29, 1.82) is 0 Å². The zero-order valence-corrected chi connectivity index (χ0v) is 14.4. The summed E-state index contributed by atoms with van der Waals surface area (Å²) in [6.07, 6.45) is 0.707. The Labute approximate surface area is 132 Å². The predicted molar refractivity (Wildman–Crippen MR) is 82.0 cm³/mol. The molecule has 0 fully saturated rings. The van der Waals surface area contributed by atoms with Gasteiger partial charge in [-0.25, -0.2) is 8.42 Å². The minimum absolute atomic E-state index is 0.108. The summed E-state index contributed by atoms with van der Waals surface area (Å²) >= 11 is 3.19. The van der Waals surface area contributed by atoms with Gasteiger partial charge in [-0.1, -0.05) is 29.3 Å². The monoisotopic (exact) mass is 379 g/mol. The first-order valence-electron chi connectivity index (χ1n) is 6.27. The fourth-order valence-corrected chi connectivity index (χ4v) is 4.02. The third-order valence-corrected chi connectivity index (χ3v) is 5.11. The number of hydrogen-bond donors (Lipinski definition) is 2. The van der Waals surface area contributed by atoms with Gasteiger partial charge in [-0.2, -0.15) is 4.72 Å². The molecule has 1 atom stereocenters. The molecule has 1 rings (SSSR count). The molecule has 0 bridgehead atoms. The van der Waals surface area contributed by atoms with E-state index in [1.165, 1.54) is 26.2 Å². The van der Waals surface area contributed by atoms with Crippen LogP contribution in [0.3, 0.4) is 0 Å². The number of rotatable bonds is 7. The van der Waals surface area contributed by atoms with Crippen molar-refractivity contribution in [2.45, 2.75) is 37.1 Å². The normalized spacial score (nSPS) is 14.5. The highest BCUT2D eigenvalue weighted by Crippen LogP contribution is 2.28. The lowest BCUT2D eigenvalue weighted by Crippen LogP contribution is -2.51. The zero-order valence-electron chi connectivity index (χ0n) is 12.0. The maximum absolute atomic E-state index is 12.5. The molecule has 0 radical (unpaired) electrons. The van der Waals surface area contributed by atoms with E-state index in [1.54, 1.807) is 13.0 Å². The van der Waals surface area contributed by atoms with Crippen LogP contribution in [0, 0.1) is 0 Å². The fourth-order valence-electron chi connectivity index (χ4n) is 1.91. The SMILES string of the molecule is CCCC(C)(NS(=O)(=O)c1cc(Br)ccc1OC)C(=O)O. The molecule has 0 saturated heterocycles. The molecular weight excluding hydrogens is 362 g/mol. The number of sulfonamides is 1. The van der Waals surface area contributed by atoms with Crippen molar-refractivity contribution in [2.75, 3.05) is 7.11 Å². The number of aliphatic carboxylic acids is 1. The van der Waals surface area contributed by atoms with E-state index < -0.39 is 21.5 Å². The molecule has 8 heteroatoms. The number of carboxylic acids is 1. The fraction of sp³-hybridized carbons (Fsp3) is 0.462. The molecule has 6 nitrogen and oxygen atoms in total. The highest BCUT2D eigenvalue weighted by molar-refractivity contribution is 9.10. The quantitative estimate of drug-likeness (QED) is 0.758. The van der Waals surface area contributed by atoms with Crippen LogP contribution in [0.15, 0.2) is 27.6 Å². The zero-order chi connectivity index (χ0) is 16.3. The van der Waals surface area contributed by atoms with Crippen LogP contribution in [0.2, 0.25) is 0 Å². The van der Waals surface area contributed by atoms with Gasteiger partial charge in [-0.05, 0) is 31.5 Å². The van der Waals surface area contributed by atoms with Crippen LogP contribution in [-0.2, 0) is 14.8 Å². The van der Waals surface area contributed by atoms with Crippen molar-refractivity contribution in [3.8, 4) is 5.75 Å². The van der Waals surface area contributed by atoms with Gasteiger partial charge in [0, 0.05) is 4.47 Å². The van der Waals surface area contributed by atoms with Gasteiger partial charge in [0.25, 0.3) is 0 Å². The molecule has 0 saturated carbocycles. The number of ether oxygens (including phenoxy) is 1. The molecule has 118 valence electrons. The molecule has 0 spiro atoms. The Morgan fingerprint density at radius 1 is 1.48 bits per heavy atom. The molecule has 0 aliphatic rings. The second-order valence-corrected chi connectivity index (χ2v) is 7.35. The van der Waals surface area contributed by atoms with E-state index in [0.29, 0.717) is 10.9 Å². The van der Waals surface area contributed by atoms with Crippen molar-refractivity contribution < 1.29 is 23.1 Å². The van der Waals surface area contributed by atoms with E-state index in [-0.39, 0.29) is 17.1 Å². The third-order valence-electron chi connectivity index (χ3n) is 3.00. The van der Waals surface area contributed by atoms with Gasteiger partial charge in [0.05, 0.1) is 7.11 Å². The van der Waals surface area contributed by atoms with E-state index in [1.807, 2.05) is 0 Å². The first-order valence-corrected chi connectivity index (χ1v) is 8.55. The summed E-state index contributed by atoms with van der Waals surface area (Å²) in [6, 6.07) is 4.51. The standard InChI is InChI=1S/C13H18BrNO5S/c1-4-7-13(2,12(16)17)15-21(18,19)11-8-9(14)5-6-10(11)20-3/h5-6,8,15H,4,7H2,1-3H3,(H,16,17). The summed E-state index contributed by atoms with van der Waals surface area (Å²) < 4.78 is 32.8. The Balaban J connectivity index is 3.29. The molecular formula is C13H18BrNO5S. The van der Waals surface area contributed by atoms with E-state index in [4.69, 9.17) is 4.74 Å². The molecule has 0 aliphatic heterocycles. The maximum atomic E-state index is 12.5. The third kappa shape index (κ3) is 4.18. The number of methoxy groups -OCH3 is 1. The highest BCUT2D eigenvalue weighted by atomic mass is 79.9. The Morgan fingerprint density at radius 3 is 2.57 bits per heavy atom. The largest absolute Gasteiger partial charge is 0.495 e. The molecule has 2 N–H and O–H groups in total. The first kappa shape index (κ1) is 17.9. The van der Waals surface area contributed by atoms with E-state index in [9.17, 15) is 18.3 Å². The average molecular weight is 380 g/mol. The van der Waals surface area contributed by atoms with Crippen molar-refractivity contribution in [1.82, 2.24) is 4.72 Å². The van der Waals surface area contributed by atoms with E-state index in [0.717, 1.165) is 0 Å². The van der Waals surface area contributed by atoms with Crippen LogP contribution in [0.4, 0.5) is 0 Å². The number of carbonyl (C=O) groups is 1. The second kappa shape index (κ2) is 6.76. The van der Waals surface area contributed by atoms with Crippen molar-refractivity contribution in [2.24, 2.45) is 0 Å². The van der Waals surface area contributed by atoms with Gasteiger partial charge in [0.1, 0.15) is 16.2 Å². The smallest absolute Gasteiger partial charge is 0.324 e. The molecule has 1 aromatic rings. The van der Waals surface area contributed by atoms with Crippen molar-refractivity contribution in [3.05, 3.63) is 22.7 Å². The highest BCUT2D eigenvalue weighted by Gasteiger charge is 2.38. The summed E-state index contributed by atoms with van der Waals surface area (Å²) in [6.45, 7) is 3.13. The lowest BCUT2D eigenvalue weighted by molar-refractivity contribution is -0.143. The van der Waals surface area contributed by atoms with Gasteiger partial charge in [0.2, 0.25) is 10.0 Å². The summed E-state index contributed by atoms with van der Waals surface area (Å²) in [4.78, 5) is 11.3. The molecule has 0 aromatic heterocycles. The number of carboxylic acid groups (broad SMARTS) is 1. The average Bonchev–Trinajstić information content (AvgIpc) is 2.38. The minimum atomic E-state index is -4.04. The van der Waals surface area contributed by atoms with Gasteiger partial charge >= 0.3 is 5.97 Å². The summed E-state index contributed by atoms with van der Waals surface area (Å²) in [7, 11) is -2.68. The Kier molecular flexibility index (Phi) is 5.77. The lowest BCUT2D eigenvalue weighted by atomic mass is 9.98. The van der Waals surface area contributed by atoms with Crippen LogP contribution in [-0.4, -0.2) is 32.1 Å². The summed E-state index contributed by atoms with van der Waals surface area (Å²) in [5.41, 5.74) is -1.57. The van der Waals surface area contributed by atoms with Crippen LogP contribution >= 0.6 is 15.9 Å². The molecule has 0 amide bonds. The first-order chi connectivity index (χ1) is 9.66. The second-order valence-electron chi connectivity index (χ2n) is 4.79.